The van der Waals surface area contributed by atoms with E-state index >= 15 is 0 Å². The lowest BCUT2D eigenvalue weighted by atomic mass is 10.0. The molecule has 0 bridgehead atoms. The molecule has 146 valence electrons. The van der Waals surface area contributed by atoms with Crippen molar-refractivity contribution in [2.24, 2.45) is 11.8 Å². The summed E-state index contributed by atoms with van der Waals surface area (Å²) in [4.78, 5) is 14.6. The molecule has 2 fully saturated rings. The van der Waals surface area contributed by atoms with Gasteiger partial charge < -0.3 is 19.4 Å². The largest absolute Gasteiger partial charge is 0.486 e. The minimum absolute atomic E-state index is 0. The molecule has 5 rings (SSSR count). The summed E-state index contributed by atoms with van der Waals surface area (Å²) in [5.41, 5.74) is 0. The van der Waals surface area contributed by atoms with Crippen LogP contribution in [0.15, 0.2) is 59.0 Å². The Hall–Kier alpha value is -2.50. The normalized spacial score (nSPS) is 20.8. The van der Waals surface area contributed by atoms with E-state index in [-0.39, 0.29) is 18.3 Å². The number of nitrogens with zero attached hydrogens (tertiary/aromatic N) is 1. The SMILES string of the molecule is Cl.O=C(c1ccc(COc2ccc3ccccc3c2)o1)N1C[C@H]2CNC[C@H]2C1. The molecule has 2 aromatic carbocycles. The number of amides is 1. The van der Waals surface area contributed by atoms with Crippen LogP contribution in [-0.4, -0.2) is 37.0 Å². The molecule has 1 aromatic heterocycles. The molecular weight excluding hydrogens is 376 g/mol. The lowest BCUT2D eigenvalue weighted by Gasteiger charge is -2.15. The fraction of sp³-hybridized carbons (Fsp3) is 0.318. The van der Waals surface area contributed by atoms with Gasteiger partial charge in [-0.2, -0.15) is 0 Å². The second kappa shape index (κ2) is 7.86. The van der Waals surface area contributed by atoms with E-state index in [1.165, 1.54) is 5.39 Å². The van der Waals surface area contributed by atoms with Crippen molar-refractivity contribution in [2.75, 3.05) is 26.2 Å². The van der Waals surface area contributed by atoms with Crippen LogP contribution < -0.4 is 10.1 Å². The third-order valence-electron chi connectivity index (χ3n) is 5.65. The van der Waals surface area contributed by atoms with Crippen LogP contribution in [0.5, 0.6) is 5.75 Å². The number of nitrogens with one attached hydrogen (secondary N) is 1. The molecule has 2 aliphatic rings. The summed E-state index contributed by atoms with van der Waals surface area (Å²) in [6.07, 6.45) is 0. The Labute approximate surface area is 170 Å². The topological polar surface area (TPSA) is 54.7 Å². The molecule has 1 amide bonds. The Morgan fingerprint density at radius 2 is 1.79 bits per heavy atom. The minimum atomic E-state index is -0.0126. The van der Waals surface area contributed by atoms with Crippen molar-refractivity contribution in [1.29, 1.82) is 0 Å². The van der Waals surface area contributed by atoms with Crippen molar-refractivity contribution < 1.29 is 13.9 Å². The number of rotatable bonds is 4. The van der Waals surface area contributed by atoms with Gasteiger partial charge in [0.2, 0.25) is 0 Å². The van der Waals surface area contributed by atoms with Crippen molar-refractivity contribution in [1.82, 2.24) is 10.2 Å². The second-order valence-corrected chi connectivity index (χ2v) is 7.45. The molecule has 2 aliphatic heterocycles. The highest BCUT2D eigenvalue weighted by Crippen LogP contribution is 2.28. The summed E-state index contributed by atoms with van der Waals surface area (Å²) in [6.45, 7) is 3.97. The number of ether oxygens (including phenoxy) is 1. The number of benzene rings is 2. The Balaban J connectivity index is 0.00000192. The molecule has 2 atom stereocenters. The third-order valence-corrected chi connectivity index (χ3v) is 5.65. The Morgan fingerprint density at radius 1 is 1.04 bits per heavy atom. The Kier molecular flexibility index (Phi) is 5.29. The van der Waals surface area contributed by atoms with E-state index in [0.717, 1.165) is 37.3 Å². The molecule has 5 nitrogen and oxygen atoms in total. The molecule has 3 aromatic rings. The van der Waals surface area contributed by atoms with Gasteiger partial charge in [0, 0.05) is 26.2 Å². The summed E-state index contributed by atoms with van der Waals surface area (Å²) >= 11 is 0. The number of hydrogen-bond donors (Lipinski definition) is 1. The number of carbonyl (C=O) groups excluding carboxylic acids is 1. The quantitative estimate of drug-likeness (QED) is 0.727. The van der Waals surface area contributed by atoms with Gasteiger partial charge in [0.1, 0.15) is 18.1 Å². The summed E-state index contributed by atoms with van der Waals surface area (Å²) < 4.78 is 11.6. The van der Waals surface area contributed by atoms with Gasteiger partial charge >= 0.3 is 0 Å². The number of furan rings is 1. The van der Waals surface area contributed by atoms with Crippen LogP contribution in [0.4, 0.5) is 0 Å². The standard InChI is InChI=1S/C22H22N2O3.ClH/c25-22(24-12-17-10-23-11-18(17)13-24)21-8-7-20(27-21)14-26-19-6-5-15-3-1-2-4-16(15)9-19;/h1-9,17-18,23H,10-14H2;1H/t17-,18+;. The van der Waals surface area contributed by atoms with E-state index in [2.05, 4.69) is 17.4 Å². The zero-order valence-corrected chi connectivity index (χ0v) is 16.3. The highest BCUT2D eigenvalue weighted by atomic mass is 35.5. The smallest absolute Gasteiger partial charge is 0.289 e. The van der Waals surface area contributed by atoms with Gasteiger partial charge in [0.05, 0.1) is 0 Å². The fourth-order valence-electron chi connectivity index (χ4n) is 4.16. The second-order valence-electron chi connectivity index (χ2n) is 7.45. The van der Waals surface area contributed by atoms with Crippen molar-refractivity contribution in [3.05, 3.63) is 66.1 Å². The number of hydrogen-bond acceptors (Lipinski definition) is 4. The van der Waals surface area contributed by atoms with E-state index < -0.39 is 0 Å². The highest BCUT2D eigenvalue weighted by Gasteiger charge is 2.38. The van der Waals surface area contributed by atoms with Crippen LogP contribution in [0.25, 0.3) is 10.8 Å². The van der Waals surface area contributed by atoms with Crippen LogP contribution in [-0.2, 0) is 6.61 Å². The average molecular weight is 399 g/mol. The predicted molar refractivity (Wildman–Crippen MR) is 110 cm³/mol. The summed E-state index contributed by atoms with van der Waals surface area (Å²) in [6, 6.07) is 17.8. The lowest BCUT2D eigenvalue weighted by Crippen LogP contribution is -2.31. The van der Waals surface area contributed by atoms with Crippen molar-refractivity contribution in [3.63, 3.8) is 0 Å². The van der Waals surface area contributed by atoms with Crippen LogP contribution in [0.2, 0.25) is 0 Å². The molecule has 3 heterocycles. The Morgan fingerprint density at radius 3 is 2.57 bits per heavy atom. The molecule has 0 unspecified atom stereocenters. The van der Waals surface area contributed by atoms with Crippen LogP contribution in [0.1, 0.15) is 16.3 Å². The first-order valence-corrected chi connectivity index (χ1v) is 9.46. The van der Waals surface area contributed by atoms with Gasteiger partial charge in [0.15, 0.2) is 5.76 Å². The lowest BCUT2D eigenvalue weighted by molar-refractivity contribution is 0.0746. The first-order valence-electron chi connectivity index (χ1n) is 9.46. The third kappa shape index (κ3) is 3.60. The zero-order chi connectivity index (χ0) is 18.2. The van der Waals surface area contributed by atoms with Gasteiger partial charge in [-0.3, -0.25) is 4.79 Å². The van der Waals surface area contributed by atoms with E-state index in [1.54, 1.807) is 6.07 Å². The van der Waals surface area contributed by atoms with Crippen LogP contribution in [0.3, 0.4) is 0 Å². The minimum Gasteiger partial charge on any atom is -0.486 e. The molecule has 6 heteroatoms. The van der Waals surface area contributed by atoms with Crippen LogP contribution >= 0.6 is 12.4 Å². The van der Waals surface area contributed by atoms with Gasteiger partial charge in [-0.25, -0.2) is 0 Å². The molecule has 2 saturated heterocycles. The number of halogens is 1. The first kappa shape index (κ1) is 18.8. The van der Waals surface area contributed by atoms with Crippen molar-refractivity contribution in [2.45, 2.75) is 6.61 Å². The molecular formula is C22H23ClN2O3. The van der Waals surface area contributed by atoms with Gasteiger partial charge in [0.25, 0.3) is 5.91 Å². The summed E-state index contributed by atoms with van der Waals surface area (Å²) in [7, 11) is 0. The fourth-order valence-corrected chi connectivity index (χ4v) is 4.16. The maximum atomic E-state index is 12.7. The first-order chi connectivity index (χ1) is 13.3. The highest BCUT2D eigenvalue weighted by molar-refractivity contribution is 5.91. The van der Waals surface area contributed by atoms with E-state index in [4.69, 9.17) is 9.15 Å². The van der Waals surface area contributed by atoms with E-state index in [0.29, 0.717) is 30.0 Å². The predicted octanol–water partition coefficient (Wildman–Crippen LogP) is 3.73. The van der Waals surface area contributed by atoms with E-state index in [1.807, 2.05) is 41.3 Å². The van der Waals surface area contributed by atoms with Gasteiger partial charge in [-0.1, -0.05) is 30.3 Å². The zero-order valence-electron chi connectivity index (χ0n) is 15.5. The monoisotopic (exact) mass is 398 g/mol. The molecule has 0 spiro atoms. The van der Waals surface area contributed by atoms with Crippen molar-refractivity contribution in [3.8, 4) is 5.75 Å². The molecule has 0 saturated carbocycles. The maximum Gasteiger partial charge on any atom is 0.289 e. The molecule has 1 N–H and O–H groups in total. The maximum absolute atomic E-state index is 12.7. The summed E-state index contributed by atoms with van der Waals surface area (Å²) in [5, 5.41) is 5.71. The number of fused-ring (bicyclic) bond motifs is 2. The van der Waals surface area contributed by atoms with Gasteiger partial charge in [-0.05, 0) is 46.9 Å². The molecule has 0 aliphatic carbocycles. The molecule has 0 radical (unpaired) electrons. The summed E-state index contributed by atoms with van der Waals surface area (Å²) in [5.74, 6) is 3.01. The Bertz CT molecular complexity index is 975. The molecule has 28 heavy (non-hydrogen) atoms. The van der Waals surface area contributed by atoms with Gasteiger partial charge in [-0.15, -0.1) is 12.4 Å². The average Bonchev–Trinajstić information content (AvgIpc) is 3.41. The number of carbonyl (C=O) groups is 1. The van der Waals surface area contributed by atoms with Crippen LogP contribution in [0, 0.1) is 11.8 Å². The number of likely N-dealkylation sites (tertiary alicyclic amines) is 1. The van der Waals surface area contributed by atoms with E-state index in [9.17, 15) is 4.79 Å². The van der Waals surface area contributed by atoms with Crippen molar-refractivity contribution >= 4 is 29.1 Å².